The minimum absolute atomic E-state index is 0.0647. The summed E-state index contributed by atoms with van der Waals surface area (Å²) in [6, 6.07) is 10.7. The number of halogens is 2. The topological polar surface area (TPSA) is 45.7 Å². The predicted octanol–water partition coefficient (Wildman–Crippen LogP) is 3.85. The lowest BCUT2D eigenvalue weighted by Crippen LogP contribution is -2.48. The standard InChI is InChI=1S/C21H23F2N3O2S/c1-14-12-28-10-9-25(14)7-8-26-18-11-15(5-6-19(18)29-13-20(26)27)16-3-2-4-17(24-16)21(22)23/h2-6,11,14,21H,7-10,12-13H2,1H3. The van der Waals surface area contributed by atoms with Gasteiger partial charge in [0.1, 0.15) is 5.69 Å². The van der Waals surface area contributed by atoms with Crippen molar-refractivity contribution >= 4 is 23.4 Å². The van der Waals surface area contributed by atoms with Gasteiger partial charge in [0.05, 0.1) is 30.3 Å². The monoisotopic (exact) mass is 419 g/mol. The molecule has 0 aliphatic carbocycles. The van der Waals surface area contributed by atoms with E-state index in [9.17, 15) is 13.6 Å². The van der Waals surface area contributed by atoms with Crippen LogP contribution in [-0.2, 0) is 9.53 Å². The molecular formula is C21H23F2N3O2S. The van der Waals surface area contributed by atoms with Gasteiger partial charge in [-0.2, -0.15) is 0 Å². The Labute approximate surface area is 173 Å². The van der Waals surface area contributed by atoms with Crippen molar-refractivity contribution in [3.05, 3.63) is 42.1 Å². The zero-order valence-corrected chi connectivity index (χ0v) is 17.0. The zero-order valence-electron chi connectivity index (χ0n) is 16.2. The second-order valence-corrected chi connectivity index (χ2v) is 8.24. The van der Waals surface area contributed by atoms with Crippen LogP contribution in [0.25, 0.3) is 11.3 Å². The highest BCUT2D eigenvalue weighted by Crippen LogP contribution is 2.38. The van der Waals surface area contributed by atoms with Gasteiger partial charge in [-0.1, -0.05) is 12.1 Å². The molecule has 1 amide bonds. The third kappa shape index (κ3) is 4.44. The maximum atomic E-state index is 13.0. The Bertz CT molecular complexity index is 896. The molecule has 0 radical (unpaired) electrons. The number of pyridine rings is 1. The van der Waals surface area contributed by atoms with Crippen molar-refractivity contribution < 1.29 is 18.3 Å². The number of amides is 1. The quantitative estimate of drug-likeness (QED) is 0.737. The molecule has 2 aliphatic heterocycles. The maximum absolute atomic E-state index is 13.0. The van der Waals surface area contributed by atoms with Crippen LogP contribution < -0.4 is 4.90 Å². The van der Waals surface area contributed by atoms with Crippen LogP contribution in [-0.4, -0.2) is 60.4 Å². The van der Waals surface area contributed by atoms with Crippen LogP contribution >= 0.6 is 11.8 Å². The second-order valence-electron chi connectivity index (χ2n) is 7.22. The van der Waals surface area contributed by atoms with E-state index in [0.29, 0.717) is 37.2 Å². The van der Waals surface area contributed by atoms with Crippen molar-refractivity contribution in [2.75, 3.05) is 43.5 Å². The normalized spacial score (nSPS) is 20.2. The van der Waals surface area contributed by atoms with Crippen LogP contribution in [0.5, 0.6) is 0 Å². The molecule has 0 N–H and O–H groups in total. The fraction of sp³-hybridized carbons (Fsp3) is 0.429. The smallest absolute Gasteiger partial charge is 0.280 e. The van der Waals surface area contributed by atoms with Crippen LogP contribution in [0, 0.1) is 0 Å². The number of nitrogens with zero attached hydrogens (tertiary/aromatic N) is 3. The van der Waals surface area contributed by atoms with Gasteiger partial charge in [-0.25, -0.2) is 13.8 Å². The number of ether oxygens (including phenoxy) is 1. The molecule has 1 fully saturated rings. The molecular weight excluding hydrogens is 396 g/mol. The SMILES string of the molecule is CC1COCCN1CCN1C(=O)CSc2ccc(-c3cccc(C(F)F)n3)cc21. The number of carbonyl (C=O) groups excluding carboxylic acids is 1. The number of fused-ring (bicyclic) bond motifs is 1. The molecule has 29 heavy (non-hydrogen) atoms. The van der Waals surface area contributed by atoms with Crippen LogP contribution in [0.4, 0.5) is 14.5 Å². The number of thioether (sulfide) groups is 1. The summed E-state index contributed by atoms with van der Waals surface area (Å²) in [4.78, 5) is 21.9. The molecule has 1 aromatic carbocycles. The Morgan fingerprint density at radius 2 is 2.14 bits per heavy atom. The van der Waals surface area contributed by atoms with Crippen LogP contribution in [0.3, 0.4) is 0 Å². The highest BCUT2D eigenvalue weighted by Gasteiger charge is 2.27. The fourth-order valence-corrected chi connectivity index (χ4v) is 4.58. The highest BCUT2D eigenvalue weighted by molar-refractivity contribution is 8.00. The van der Waals surface area contributed by atoms with Gasteiger partial charge in [-0.15, -0.1) is 11.8 Å². The lowest BCUT2D eigenvalue weighted by atomic mass is 10.1. The lowest BCUT2D eigenvalue weighted by molar-refractivity contribution is -0.116. The summed E-state index contributed by atoms with van der Waals surface area (Å²) in [5.74, 6) is 0.472. The first kappa shape index (κ1) is 20.3. The van der Waals surface area contributed by atoms with Gasteiger partial charge in [0.15, 0.2) is 0 Å². The number of morpholine rings is 1. The van der Waals surface area contributed by atoms with E-state index >= 15 is 0 Å². The van der Waals surface area contributed by atoms with Gasteiger partial charge in [0.25, 0.3) is 6.43 Å². The van der Waals surface area contributed by atoms with E-state index in [-0.39, 0.29) is 11.6 Å². The molecule has 2 aliphatic rings. The number of hydrogen-bond donors (Lipinski definition) is 0. The van der Waals surface area contributed by atoms with Crippen LogP contribution in [0.15, 0.2) is 41.3 Å². The average Bonchev–Trinajstić information content (AvgIpc) is 2.74. The molecule has 3 heterocycles. The second kappa shape index (κ2) is 8.77. The molecule has 5 nitrogen and oxygen atoms in total. The molecule has 2 aromatic rings. The van der Waals surface area contributed by atoms with Crippen molar-refractivity contribution in [1.82, 2.24) is 9.88 Å². The number of carbonyl (C=O) groups is 1. The van der Waals surface area contributed by atoms with Crippen LogP contribution in [0.1, 0.15) is 19.0 Å². The van der Waals surface area contributed by atoms with Gasteiger partial charge in [0, 0.05) is 36.1 Å². The molecule has 0 spiro atoms. The van der Waals surface area contributed by atoms with E-state index in [1.54, 1.807) is 12.1 Å². The molecule has 8 heteroatoms. The average molecular weight is 419 g/mol. The summed E-state index contributed by atoms with van der Waals surface area (Å²) in [6.07, 6.45) is -2.61. The third-order valence-corrected chi connectivity index (χ3v) is 6.36. The third-order valence-electron chi connectivity index (χ3n) is 5.31. The van der Waals surface area contributed by atoms with Crippen LogP contribution in [0.2, 0.25) is 0 Å². The van der Waals surface area contributed by atoms with Gasteiger partial charge < -0.3 is 9.64 Å². The number of hydrogen-bond acceptors (Lipinski definition) is 5. The van der Waals surface area contributed by atoms with Gasteiger partial charge in [0.2, 0.25) is 5.91 Å². The Balaban J connectivity index is 1.59. The largest absolute Gasteiger partial charge is 0.379 e. The van der Waals surface area contributed by atoms with E-state index in [0.717, 1.165) is 29.2 Å². The van der Waals surface area contributed by atoms with Gasteiger partial charge in [-0.3, -0.25) is 9.69 Å². The molecule has 154 valence electrons. The Hall–Kier alpha value is -2.03. The molecule has 1 aromatic heterocycles. The first-order valence-corrected chi connectivity index (χ1v) is 10.7. The minimum Gasteiger partial charge on any atom is -0.379 e. The fourth-order valence-electron chi connectivity index (χ4n) is 3.66. The van der Waals surface area contributed by atoms with Gasteiger partial charge >= 0.3 is 0 Å². The van der Waals surface area contributed by atoms with Gasteiger partial charge in [-0.05, 0) is 31.2 Å². The summed E-state index contributed by atoms with van der Waals surface area (Å²) in [6.45, 7) is 5.75. The molecule has 4 rings (SSSR count). The molecule has 0 saturated carbocycles. The highest BCUT2D eigenvalue weighted by atomic mass is 32.2. The van der Waals surface area contributed by atoms with Crippen molar-refractivity contribution in [1.29, 1.82) is 0 Å². The van der Waals surface area contributed by atoms with E-state index in [1.807, 2.05) is 23.1 Å². The number of anilines is 1. The number of aromatic nitrogens is 1. The van der Waals surface area contributed by atoms with E-state index in [1.165, 1.54) is 17.8 Å². The first-order valence-electron chi connectivity index (χ1n) is 9.67. The number of rotatable bonds is 5. The molecule has 1 unspecified atom stereocenters. The molecule has 1 atom stereocenters. The van der Waals surface area contributed by atoms with E-state index in [2.05, 4.69) is 16.8 Å². The summed E-state index contributed by atoms with van der Waals surface area (Å²) < 4.78 is 31.5. The predicted molar refractivity (Wildman–Crippen MR) is 110 cm³/mol. The molecule has 1 saturated heterocycles. The lowest BCUT2D eigenvalue weighted by Gasteiger charge is -2.36. The Kier molecular flexibility index (Phi) is 6.12. The van der Waals surface area contributed by atoms with E-state index < -0.39 is 6.43 Å². The van der Waals surface area contributed by atoms with Crippen molar-refractivity contribution in [3.63, 3.8) is 0 Å². The number of alkyl halides is 2. The summed E-state index contributed by atoms with van der Waals surface area (Å²) in [7, 11) is 0. The Morgan fingerprint density at radius 1 is 1.28 bits per heavy atom. The summed E-state index contributed by atoms with van der Waals surface area (Å²) >= 11 is 1.51. The number of benzene rings is 1. The van der Waals surface area contributed by atoms with Crippen molar-refractivity contribution in [2.45, 2.75) is 24.3 Å². The summed E-state index contributed by atoms with van der Waals surface area (Å²) in [5, 5.41) is 0. The van der Waals surface area contributed by atoms with Crippen molar-refractivity contribution in [3.8, 4) is 11.3 Å². The molecule has 0 bridgehead atoms. The van der Waals surface area contributed by atoms with E-state index in [4.69, 9.17) is 4.74 Å². The minimum atomic E-state index is -2.61. The summed E-state index contributed by atoms with van der Waals surface area (Å²) in [5.41, 5.74) is 1.79. The zero-order chi connectivity index (χ0) is 20.4. The van der Waals surface area contributed by atoms with Crippen molar-refractivity contribution in [2.24, 2.45) is 0 Å². The maximum Gasteiger partial charge on any atom is 0.280 e. The Morgan fingerprint density at radius 3 is 2.93 bits per heavy atom. The first-order chi connectivity index (χ1) is 14.0.